The van der Waals surface area contributed by atoms with Crippen LogP contribution in [0.2, 0.25) is 0 Å². The molecular weight excluding hydrogens is 282 g/mol. The van der Waals surface area contributed by atoms with E-state index in [4.69, 9.17) is 13.9 Å². The van der Waals surface area contributed by atoms with Crippen molar-refractivity contribution in [2.45, 2.75) is 6.54 Å². The molecule has 0 atom stereocenters. The number of guanidine groups is 1. The van der Waals surface area contributed by atoms with Gasteiger partial charge < -0.3 is 24.5 Å². The topological polar surface area (TPSA) is 68.0 Å². The second-order valence-electron chi connectivity index (χ2n) is 4.46. The largest absolute Gasteiger partial charge is 0.497 e. The molecular formula is C16H21N3O3. The predicted octanol–water partition coefficient (Wildman–Crippen LogP) is 2.03. The van der Waals surface area contributed by atoms with Crippen LogP contribution in [0.15, 0.2) is 52.1 Å². The lowest BCUT2D eigenvalue weighted by atomic mass is 10.3. The van der Waals surface area contributed by atoms with Crippen LogP contribution in [0.25, 0.3) is 0 Å². The highest BCUT2D eigenvalue weighted by molar-refractivity contribution is 5.79. The molecule has 0 saturated carbocycles. The van der Waals surface area contributed by atoms with Gasteiger partial charge in [-0.3, -0.25) is 4.99 Å². The summed E-state index contributed by atoms with van der Waals surface area (Å²) in [7, 11) is 3.36. The monoisotopic (exact) mass is 303 g/mol. The van der Waals surface area contributed by atoms with Crippen molar-refractivity contribution in [1.82, 2.24) is 10.6 Å². The summed E-state index contributed by atoms with van der Waals surface area (Å²) in [6.07, 6.45) is 1.65. The van der Waals surface area contributed by atoms with Crippen LogP contribution in [0.4, 0.5) is 0 Å². The highest BCUT2D eigenvalue weighted by Gasteiger charge is 2.00. The van der Waals surface area contributed by atoms with Crippen LogP contribution in [0.3, 0.4) is 0 Å². The third-order valence-corrected chi connectivity index (χ3v) is 2.94. The number of hydrogen-bond acceptors (Lipinski definition) is 4. The molecule has 1 aromatic carbocycles. The van der Waals surface area contributed by atoms with Gasteiger partial charge in [-0.2, -0.15) is 0 Å². The fourth-order valence-corrected chi connectivity index (χ4v) is 1.83. The van der Waals surface area contributed by atoms with Crippen LogP contribution >= 0.6 is 0 Å². The predicted molar refractivity (Wildman–Crippen MR) is 85.4 cm³/mol. The fraction of sp³-hybridized carbons (Fsp3) is 0.312. The van der Waals surface area contributed by atoms with Gasteiger partial charge in [0, 0.05) is 13.1 Å². The zero-order valence-electron chi connectivity index (χ0n) is 12.8. The summed E-state index contributed by atoms with van der Waals surface area (Å²) in [6.45, 7) is 1.74. The SMILES string of the molecule is CN=C(NCCOc1cccc(OC)c1)NCc1ccco1. The van der Waals surface area contributed by atoms with Crippen molar-refractivity contribution in [2.75, 3.05) is 27.3 Å². The van der Waals surface area contributed by atoms with Crippen LogP contribution in [0, 0.1) is 0 Å². The standard InChI is InChI=1S/C16H21N3O3/c1-17-16(19-12-15-7-4-9-21-15)18-8-10-22-14-6-3-5-13(11-14)20-2/h3-7,9,11H,8,10,12H2,1-2H3,(H2,17,18,19). The van der Waals surface area contributed by atoms with E-state index in [-0.39, 0.29) is 0 Å². The molecule has 0 amide bonds. The quantitative estimate of drug-likeness (QED) is 0.465. The van der Waals surface area contributed by atoms with Crippen molar-refractivity contribution in [3.63, 3.8) is 0 Å². The van der Waals surface area contributed by atoms with Crippen LogP contribution in [0.5, 0.6) is 11.5 Å². The van der Waals surface area contributed by atoms with Crippen LogP contribution in [-0.2, 0) is 6.54 Å². The first-order valence-corrected chi connectivity index (χ1v) is 7.05. The van der Waals surface area contributed by atoms with E-state index in [1.165, 1.54) is 0 Å². The molecule has 0 aliphatic heterocycles. The Morgan fingerprint density at radius 2 is 2.05 bits per heavy atom. The summed E-state index contributed by atoms with van der Waals surface area (Å²) in [6, 6.07) is 11.3. The van der Waals surface area contributed by atoms with E-state index >= 15 is 0 Å². The van der Waals surface area contributed by atoms with Gasteiger partial charge in [0.25, 0.3) is 0 Å². The molecule has 2 aromatic rings. The van der Waals surface area contributed by atoms with Crippen molar-refractivity contribution >= 4 is 5.96 Å². The van der Waals surface area contributed by atoms with E-state index in [0.29, 0.717) is 25.7 Å². The minimum absolute atomic E-state index is 0.522. The fourth-order valence-electron chi connectivity index (χ4n) is 1.83. The maximum absolute atomic E-state index is 5.65. The van der Waals surface area contributed by atoms with Crippen LogP contribution in [-0.4, -0.2) is 33.3 Å². The Bertz CT molecular complexity index is 582. The minimum atomic E-state index is 0.522. The molecule has 1 aromatic heterocycles. The van der Waals surface area contributed by atoms with Gasteiger partial charge in [0.15, 0.2) is 5.96 Å². The number of aliphatic imine (C=N–C) groups is 1. The Kier molecular flexibility index (Phi) is 6.17. The summed E-state index contributed by atoms with van der Waals surface area (Å²) in [4.78, 5) is 4.14. The van der Waals surface area contributed by atoms with E-state index in [9.17, 15) is 0 Å². The Hall–Kier alpha value is -2.63. The Balaban J connectivity index is 1.68. The van der Waals surface area contributed by atoms with E-state index in [1.54, 1.807) is 20.4 Å². The molecule has 0 aliphatic carbocycles. The first kappa shape index (κ1) is 15.8. The third kappa shape index (κ3) is 5.05. The van der Waals surface area contributed by atoms with Crippen molar-refractivity contribution < 1.29 is 13.9 Å². The second kappa shape index (κ2) is 8.61. The third-order valence-electron chi connectivity index (χ3n) is 2.94. The van der Waals surface area contributed by atoms with Crippen LogP contribution < -0.4 is 20.1 Å². The molecule has 0 aliphatic rings. The summed E-state index contributed by atoms with van der Waals surface area (Å²) in [5.41, 5.74) is 0. The molecule has 0 radical (unpaired) electrons. The first-order chi connectivity index (χ1) is 10.8. The molecule has 2 N–H and O–H groups in total. The van der Waals surface area contributed by atoms with Gasteiger partial charge in [-0.1, -0.05) is 6.07 Å². The minimum Gasteiger partial charge on any atom is -0.497 e. The lowest BCUT2D eigenvalue weighted by Crippen LogP contribution is -2.38. The molecule has 6 heteroatoms. The van der Waals surface area contributed by atoms with Crippen molar-refractivity contribution in [2.24, 2.45) is 4.99 Å². The maximum Gasteiger partial charge on any atom is 0.191 e. The molecule has 2 rings (SSSR count). The molecule has 0 spiro atoms. The zero-order chi connectivity index (χ0) is 15.6. The molecule has 0 saturated heterocycles. The van der Waals surface area contributed by atoms with Gasteiger partial charge in [0.2, 0.25) is 0 Å². The highest BCUT2D eigenvalue weighted by Crippen LogP contribution is 2.18. The Morgan fingerprint density at radius 3 is 2.77 bits per heavy atom. The molecule has 0 bridgehead atoms. The number of rotatable bonds is 7. The smallest absolute Gasteiger partial charge is 0.191 e. The number of benzene rings is 1. The molecule has 0 unspecified atom stereocenters. The lowest BCUT2D eigenvalue weighted by molar-refractivity contribution is 0.319. The number of ether oxygens (including phenoxy) is 2. The average Bonchev–Trinajstić information content (AvgIpc) is 3.08. The van der Waals surface area contributed by atoms with E-state index < -0.39 is 0 Å². The van der Waals surface area contributed by atoms with Crippen molar-refractivity contribution in [1.29, 1.82) is 0 Å². The number of nitrogens with zero attached hydrogens (tertiary/aromatic N) is 1. The first-order valence-electron chi connectivity index (χ1n) is 7.05. The Morgan fingerprint density at radius 1 is 1.18 bits per heavy atom. The van der Waals surface area contributed by atoms with Crippen molar-refractivity contribution in [3.05, 3.63) is 48.4 Å². The summed E-state index contributed by atoms with van der Waals surface area (Å²) in [5, 5.41) is 6.33. The number of nitrogens with one attached hydrogen (secondary N) is 2. The van der Waals surface area contributed by atoms with Gasteiger partial charge in [0.05, 0.1) is 26.5 Å². The summed E-state index contributed by atoms with van der Waals surface area (Å²) < 4.78 is 16.1. The van der Waals surface area contributed by atoms with E-state index in [1.807, 2.05) is 36.4 Å². The van der Waals surface area contributed by atoms with E-state index in [2.05, 4.69) is 15.6 Å². The molecule has 118 valence electrons. The van der Waals surface area contributed by atoms with Gasteiger partial charge in [-0.15, -0.1) is 0 Å². The number of furan rings is 1. The van der Waals surface area contributed by atoms with E-state index in [0.717, 1.165) is 17.3 Å². The lowest BCUT2D eigenvalue weighted by Gasteiger charge is -2.12. The molecule has 6 nitrogen and oxygen atoms in total. The van der Waals surface area contributed by atoms with Gasteiger partial charge in [-0.25, -0.2) is 0 Å². The zero-order valence-corrected chi connectivity index (χ0v) is 12.8. The summed E-state index contributed by atoms with van der Waals surface area (Å²) in [5.74, 6) is 3.11. The average molecular weight is 303 g/mol. The number of hydrogen-bond donors (Lipinski definition) is 2. The molecule has 1 heterocycles. The van der Waals surface area contributed by atoms with Gasteiger partial charge >= 0.3 is 0 Å². The highest BCUT2D eigenvalue weighted by atomic mass is 16.5. The van der Waals surface area contributed by atoms with Gasteiger partial charge in [0.1, 0.15) is 23.9 Å². The normalized spacial score (nSPS) is 11.1. The molecule has 22 heavy (non-hydrogen) atoms. The molecule has 0 fully saturated rings. The Labute approximate surface area is 130 Å². The van der Waals surface area contributed by atoms with Gasteiger partial charge in [-0.05, 0) is 24.3 Å². The maximum atomic E-state index is 5.65. The number of methoxy groups -OCH3 is 1. The van der Waals surface area contributed by atoms with Crippen LogP contribution in [0.1, 0.15) is 5.76 Å². The van der Waals surface area contributed by atoms with Crippen molar-refractivity contribution in [3.8, 4) is 11.5 Å². The summed E-state index contributed by atoms with van der Waals surface area (Å²) >= 11 is 0. The second-order valence-corrected chi connectivity index (χ2v) is 4.46.